The first-order valence-electron chi connectivity index (χ1n) is 11.9. The summed E-state index contributed by atoms with van der Waals surface area (Å²) >= 11 is 0. The maximum atomic E-state index is 13.4. The molecule has 0 spiro atoms. The quantitative estimate of drug-likeness (QED) is 0.489. The molecular weight excluding hydrogens is 416 g/mol. The van der Waals surface area contributed by atoms with Crippen LogP contribution in [0, 0.1) is 11.8 Å². The van der Waals surface area contributed by atoms with Gasteiger partial charge in [-0.1, -0.05) is 86.8 Å². The summed E-state index contributed by atoms with van der Waals surface area (Å²) in [5.74, 6) is -0.986. The molecule has 174 valence electrons. The highest BCUT2D eigenvalue weighted by Gasteiger charge is 2.54. The van der Waals surface area contributed by atoms with Crippen LogP contribution in [-0.2, 0) is 25.7 Å². The Morgan fingerprint density at radius 3 is 2.30 bits per heavy atom. The van der Waals surface area contributed by atoms with E-state index in [-0.39, 0.29) is 18.4 Å². The number of ether oxygens (including phenoxy) is 1. The van der Waals surface area contributed by atoms with Crippen LogP contribution in [0.5, 0.6) is 0 Å². The molecular formula is C27H32N2O4. The van der Waals surface area contributed by atoms with E-state index in [0.717, 1.165) is 18.4 Å². The number of hydrogen-bond donors (Lipinski definition) is 1. The van der Waals surface area contributed by atoms with Crippen LogP contribution in [0.4, 0.5) is 0 Å². The Kier molecular flexibility index (Phi) is 7.43. The van der Waals surface area contributed by atoms with Crippen LogP contribution >= 0.6 is 0 Å². The second kappa shape index (κ2) is 10.6. The summed E-state index contributed by atoms with van der Waals surface area (Å²) in [6.07, 6.45) is 5.87. The maximum absolute atomic E-state index is 13.4. The summed E-state index contributed by atoms with van der Waals surface area (Å²) in [7, 11) is 0. The fourth-order valence-electron chi connectivity index (χ4n) is 4.89. The Hall–Kier alpha value is -3.15. The van der Waals surface area contributed by atoms with Gasteiger partial charge in [-0.25, -0.2) is 4.79 Å². The van der Waals surface area contributed by atoms with Gasteiger partial charge in [0, 0.05) is 6.54 Å². The van der Waals surface area contributed by atoms with Crippen molar-refractivity contribution >= 4 is 17.8 Å². The van der Waals surface area contributed by atoms with E-state index in [1.54, 1.807) is 6.92 Å². The highest BCUT2D eigenvalue weighted by molar-refractivity contribution is 6.00. The lowest BCUT2D eigenvalue weighted by atomic mass is 9.85. The van der Waals surface area contributed by atoms with Gasteiger partial charge in [-0.3, -0.25) is 9.59 Å². The zero-order valence-electron chi connectivity index (χ0n) is 19.1. The topological polar surface area (TPSA) is 75.7 Å². The summed E-state index contributed by atoms with van der Waals surface area (Å²) in [5.41, 5.74) is 1.57. The molecule has 1 heterocycles. The molecule has 1 saturated carbocycles. The van der Waals surface area contributed by atoms with Crippen LogP contribution in [0.15, 0.2) is 60.7 Å². The Bertz CT molecular complexity index is 957. The highest BCUT2D eigenvalue weighted by atomic mass is 16.5. The van der Waals surface area contributed by atoms with Crippen molar-refractivity contribution in [1.29, 1.82) is 0 Å². The fourth-order valence-corrected chi connectivity index (χ4v) is 4.89. The first kappa shape index (κ1) is 23.0. The lowest BCUT2D eigenvalue weighted by molar-refractivity contribution is -0.179. The number of carbonyl (C=O) groups is 3. The number of nitrogens with zero attached hydrogens (tertiary/aromatic N) is 1. The molecule has 0 bridgehead atoms. The van der Waals surface area contributed by atoms with Crippen molar-refractivity contribution in [1.82, 2.24) is 10.2 Å². The number of amides is 2. The molecule has 33 heavy (non-hydrogen) atoms. The third-order valence-electron chi connectivity index (χ3n) is 6.81. The van der Waals surface area contributed by atoms with E-state index < -0.39 is 24.0 Å². The SMILES string of the molecule is CC1C(=O)N(C(C(=O)NCC2CCCCC2)c2ccccc2)C1C(=O)OCc1ccccc1. The Morgan fingerprint density at radius 1 is 1.00 bits per heavy atom. The fraction of sp³-hybridized carbons (Fsp3) is 0.444. The summed E-state index contributed by atoms with van der Waals surface area (Å²) in [5, 5.41) is 3.07. The summed E-state index contributed by atoms with van der Waals surface area (Å²) in [4.78, 5) is 40.7. The van der Waals surface area contributed by atoms with E-state index >= 15 is 0 Å². The molecule has 6 heteroatoms. The van der Waals surface area contributed by atoms with Gasteiger partial charge < -0.3 is 15.0 Å². The van der Waals surface area contributed by atoms with E-state index in [4.69, 9.17) is 4.74 Å². The molecule has 2 aromatic rings. The molecule has 1 aliphatic carbocycles. The lowest BCUT2D eigenvalue weighted by Gasteiger charge is -2.47. The van der Waals surface area contributed by atoms with Gasteiger partial charge in [0.25, 0.3) is 0 Å². The Morgan fingerprint density at radius 2 is 1.64 bits per heavy atom. The average Bonchev–Trinajstić information content (AvgIpc) is 2.87. The van der Waals surface area contributed by atoms with Gasteiger partial charge in [0.15, 0.2) is 0 Å². The molecule has 2 amide bonds. The molecule has 0 radical (unpaired) electrons. The number of hydrogen-bond acceptors (Lipinski definition) is 4. The number of benzene rings is 2. The first-order chi connectivity index (χ1) is 16.1. The number of nitrogens with one attached hydrogen (secondary N) is 1. The third kappa shape index (κ3) is 5.27. The van der Waals surface area contributed by atoms with Gasteiger partial charge in [0.05, 0.1) is 5.92 Å². The smallest absolute Gasteiger partial charge is 0.330 e. The number of β-lactam (4-membered cyclic amide) rings is 1. The second-order valence-corrected chi connectivity index (χ2v) is 9.13. The van der Waals surface area contributed by atoms with Crippen molar-refractivity contribution < 1.29 is 19.1 Å². The summed E-state index contributed by atoms with van der Waals surface area (Å²) in [6.45, 7) is 2.45. The first-order valence-corrected chi connectivity index (χ1v) is 11.9. The predicted octanol–water partition coefficient (Wildman–Crippen LogP) is 4.01. The molecule has 2 aliphatic rings. The zero-order valence-corrected chi connectivity index (χ0v) is 19.1. The van der Waals surface area contributed by atoms with Crippen LogP contribution in [-0.4, -0.2) is 35.3 Å². The lowest BCUT2D eigenvalue weighted by Crippen LogP contribution is -2.66. The molecule has 2 fully saturated rings. The second-order valence-electron chi connectivity index (χ2n) is 9.13. The monoisotopic (exact) mass is 448 g/mol. The van der Waals surface area contributed by atoms with E-state index in [2.05, 4.69) is 5.32 Å². The van der Waals surface area contributed by atoms with Gasteiger partial charge in [-0.2, -0.15) is 0 Å². The minimum absolute atomic E-state index is 0.134. The van der Waals surface area contributed by atoms with Crippen LogP contribution in [0.3, 0.4) is 0 Å². The molecule has 0 aromatic heterocycles. The maximum Gasteiger partial charge on any atom is 0.330 e. The highest BCUT2D eigenvalue weighted by Crippen LogP contribution is 2.37. The molecule has 3 atom stereocenters. The molecule has 1 saturated heterocycles. The van der Waals surface area contributed by atoms with Crippen molar-refractivity contribution in [3.8, 4) is 0 Å². The van der Waals surface area contributed by atoms with Crippen LogP contribution in [0.1, 0.15) is 56.2 Å². The van der Waals surface area contributed by atoms with Gasteiger partial charge in [-0.15, -0.1) is 0 Å². The molecule has 4 rings (SSSR count). The average molecular weight is 449 g/mol. The minimum Gasteiger partial charge on any atom is -0.459 e. The van der Waals surface area contributed by atoms with E-state index in [1.165, 1.54) is 24.2 Å². The number of esters is 1. The van der Waals surface area contributed by atoms with Gasteiger partial charge in [-0.05, 0) is 29.9 Å². The Balaban J connectivity index is 1.49. The molecule has 1 N–H and O–H groups in total. The molecule has 2 aromatic carbocycles. The van der Waals surface area contributed by atoms with Crippen molar-refractivity contribution in [2.75, 3.05) is 6.54 Å². The van der Waals surface area contributed by atoms with Crippen LogP contribution < -0.4 is 5.32 Å². The van der Waals surface area contributed by atoms with Crippen molar-refractivity contribution in [2.45, 2.75) is 57.7 Å². The van der Waals surface area contributed by atoms with Crippen molar-refractivity contribution in [3.05, 3.63) is 71.8 Å². The van der Waals surface area contributed by atoms with Crippen LogP contribution in [0.2, 0.25) is 0 Å². The predicted molar refractivity (Wildman–Crippen MR) is 125 cm³/mol. The van der Waals surface area contributed by atoms with Gasteiger partial charge >= 0.3 is 5.97 Å². The molecule has 1 aliphatic heterocycles. The summed E-state index contributed by atoms with van der Waals surface area (Å²) < 4.78 is 5.54. The Labute approximate surface area is 195 Å². The van der Waals surface area contributed by atoms with E-state index in [1.807, 2.05) is 60.7 Å². The van der Waals surface area contributed by atoms with E-state index in [9.17, 15) is 14.4 Å². The van der Waals surface area contributed by atoms with Gasteiger partial charge in [0.1, 0.15) is 18.7 Å². The zero-order chi connectivity index (χ0) is 23.2. The van der Waals surface area contributed by atoms with Crippen molar-refractivity contribution in [2.24, 2.45) is 11.8 Å². The third-order valence-corrected chi connectivity index (χ3v) is 6.81. The largest absolute Gasteiger partial charge is 0.459 e. The van der Waals surface area contributed by atoms with Gasteiger partial charge in [0.2, 0.25) is 11.8 Å². The molecule has 3 unspecified atom stereocenters. The number of rotatable bonds is 8. The normalized spacial score (nSPS) is 21.7. The molecule has 6 nitrogen and oxygen atoms in total. The minimum atomic E-state index is -0.854. The van der Waals surface area contributed by atoms with Crippen LogP contribution in [0.25, 0.3) is 0 Å². The number of carbonyl (C=O) groups excluding carboxylic acids is 3. The van der Waals surface area contributed by atoms with Crippen molar-refractivity contribution in [3.63, 3.8) is 0 Å². The number of likely N-dealkylation sites (tertiary alicyclic amines) is 1. The summed E-state index contributed by atoms with van der Waals surface area (Å²) in [6, 6.07) is 17.0. The van der Waals surface area contributed by atoms with E-state index in [0.29, 0.717) is 18.0 Å². The standard InChI is InChI=1S/C27H32N2O4/c1-19-23(27(32)33-18-21-13-7-3-8-14-21)29(26(19)31)24(22-15-9-4-10-16-22)25(30)28-17-20-11-5-2-6-12-20/h3-4,7-10,13-16,19-20,23-24H,2,5-6,11-12,17-18H2,1H3,(H,28,30).